The molecule has 0 spiro atoms. The summed E-state index contributed by atoms with van der Waals surface area (Å²) in [6.45, 7) is 1.07. The van der Waals surface area contributed by atoms with Gasteiger partial charge in [-0.15, -0.1) is 0 Å². The minimum Gasteiger partial charge on any atom is -0.491 e. The van der Waals surface area contributed by atoms with Gasteiger partial charge in [0.25, 0.3) is 0 Å². The summed E-state index contributed by atoms with van der Waals surface area (Å²) in [7, 11) is 0. The Morgan fingerprint density at radius 1 is 1.00 bits per heavy atom. The predicted octanol–water partition coefficient (Wildman–Crippen LogP) is 3.69. The number of nitrogens with one attached hydrogen (secondary N) is 1. The van der Waals surface area contributed by atoms with Crippen LogP contribution >= 0.6 is 0 Å². The fourth-order valence-corrected chi connectivity index (χ4v) is 3.22. The Balaban J connectivity index is 1.39. The second-order valence-corrected chi connectivity index (χ2v) is 6.28. The van der Waals surface area contributed by atoms with E-state index in [4.69, 9.17) is 4.74 Å². The predicted molar refractivity (Wildman–Crippen MR) is 96.4 cm³/mol. The third kappa shape index (κ3) is 4.60. The molecule has 3 heteroatoms. The van der Waals surface area contributed by atoms with E-state index in [0.29, 0.717) is 19.6 Å². The van der Waals surface area contributed by atoms with Crippen molar-refractivity contribution in [2.75, 3.05) is 13.2 Å². The van der Waals surface area contributed by atoms with Crippen LogP contribution in [-0.4, -0.2) is 19.1 Å². The van der Waals surface area contributed by atoms with Crippen molar-refractivity contribution in [1.29, 1.82) is 0 Å². The third-order valence-electron chi connectivity index (χ3n) is 4.52. The summed E-state index contributed by atoms with van der Waals surface area (Å²) in [4.78, 5) is 11.9. The molecule has 3 nitrogen and oxygen atoms in total. The summed E-state index contributed by atoms with van der Waals surface area (Å²) in [5, 5.41) is 2.94. The number of benzene rings is 2. The molecule has 0 bridgehead atoms. The first-order valence-electron chi connectivity index (χ1n) is 8.87. The first kappa shape index (κ1) is 16.6. The van der Waals surface area contributed by atoms with Gasteiger partial charge in [-0.3, -0.25) is 4.79 Å². The van der Waals surface area contributed by atoms with E-state index in [9.17, 15) is 4.79 Å². The van der Waals surface area contributed by atoms with Crippen molar-refractivity contribution in [2.45, 2.75) is 38.5 Å². The molecule has 0 saturated carbocycles. The first-order valence-corrected chi connectivity index (χ1v) is 8.87. The number of carbonyl (C=O) groups is 1. The van der Waals surface area contributed by atoms with Gasteiger partial charge in [-0.1, -0.05) is 42.5 Å². The Morgan fingerprint density at radius 2 is 1.83 bits per heavy atom. The van der Waals surface area contributed by atoms with Crippen LogP contribution in [0, 0.1) is 0 Å². The number of rotatable bonds is 7. The van der Waals surface area contributed by atoms with Crippen molar-refractivity contribution in [3.05, 3.63) is 65.2 Å². The smallest absolute Gasteiger partial charge is 0.220 e. The minimum atomic E-state index is 0.0811. The van der Waals surface area contributed by atoms with Gasteiger partial charge in [0, 0.05) is 6.42 Å². The summed E-state index contributed by atoms with van der Waals surface area (Å²) in [5.74, 6) is 1.07. The summed E-state index contributed by atoms with van der Waals surface area (Å²) in [6, 6.07) is 16.4. The van der Waals surface area contributed by atoms with E-state index >= 15 is 0 Å². The van der Waals surface area contributed by atoms with Gasteiger partial charge >= 0.3 is 0 Å². The van der Waals surface area contributed by atoms with Crippen LogP contribution in [-0.2, 0) is 24.1 Å². The highest BCUT2D eigenvalue weighted by Gasteiger charge is 2.13. The summed E-state index contributed by atoms with van der Waals surface area (Å²) >= 11 is 0. The number of fused-ring (bicyclic) bond motifs is 1. The van der Waals surface area contributed by atoms with Crippen molar-refractivity contribution in [1.82, 2.24) is 5.32 Å². The molecule has 0 aromatic heterocycles. The van der Waals surface area contributed by atoms with Gasteiger partial charge in [-0.2, -0.15) is 0 Å². The average molecular weight is 323 g/mol. The second-order valence-electron chi connectivity index (χ2n) is 6.28. The fourth-order valence-electron chi connectivity index (χ4n) is 3.22. The van der Waals surface area contributed by atoms with E-state index < -0.39 is 0 Å². The first-order chi connectivity index (χ1) is 11.8. The van der Waals surface area contributed by atoms with Gasteiger partial charge in [0.1, 0.15) is 12.4 Å². The van der Waals surface area contributed by atoms with Crippen LogP contribution in [0.2, 0.25) is 0 Å². The summed E-state index contributed by atoms with van der Waals surface area (Å²) < 4.78 is 5.90. The lowest BCUT2D eigenvalue weighted by molar-refractivity contribution is -0.121. The zero-order valence-corrected chi connectivity index (χ0v) is 14.1. The van der Waals surface area contributed by atoms with Crippen LogP contribution in [0.3, 0.4) is 0 Å². The molecule has 126 valence electrons. The van der Waals surface area contributed by atoms with Gasteiger partial charge in [0.2, 0.25) is 5.91 Å². The molecular weight excluding hydrogens is 298 g/mol. The molecule has 0 heterocycles. The zero-order chi connectivity index (χ0) is 16.6. The maximum Gasteiger partial charge on any atom is 0.220 e. The quantitative estimate of drug-likeness (QED) is 0.789. The van der Waals surface area contributed by atoms with Crippen LogP contribution in [0.5, 0.6) is 5.75 Å². The third-order valence-corrected chi connectivity index (χ3v) is 4.52. The maximum atomic E-state index is 11.9. The lowest BCUT2D eigenvalue weighted by atomic mass is 9.91. The topological polar surface area (TPSA) is 38.3 Å². The van der Waals surface area contributed by atoms with Crippen LogP contribution in [0.4, 0.5) is 0 Å². The Morgan fingerprint density at radius 3 is 2.71 bits per heavy atom. The lowest BCUT2D eigenvalue weighted by Crippen LogP contribution is -2.28. The normalized spacial score (nSPS) is 13.2. The monoisotopic (exact) mass is 323 g/mol. The molecule has 0 unspecified atom stereocenters. The number of carbonyl (C=O) groups excluding carboxylic acids is 1. The van der Waals surface area contributed by atoms with E-state index in [0.717, 1.165) is 25.0 Å². The van der Waals surface area contributed by atoms with Crippen molar-refractivity contribution in [2.24, 2.45) is 0 Å². The summed E-state index contributed by atoms with van der Waals surface area (Å²) in [6.07, 6.45) is 6.07. The van der Waals surface area contributed by atoms with Crippen LogP contribution in [0.15, 0.2) is 48.5 Å². The molecule has 0 fully saturated rings. The van der Waals surface area contributed by atoms with Gasteiger partial charge in [-0.05, 0) is 54.9 Å². The second kappa shape index (κ2) is 8.53. The fraction of sp³-hybridized carbons (Fsp3) is 0.381. The molecule has 2 aromatic rings. The Labute approximate surface area is 144 Å². The SMILES string of the molecule is O=C(CCc1ccccc1)NCCOc1cccc2c1CCCC2. The molecule has 24 heavy (non-hydrogen) atoms. The largest absolute Gasteiger partial charge is 0.491 e. The number of aryl methyl sites for hydroxylation is 2. The molecule has 0 radical (unpaired) electrons. The van der Waals surface area contributed by atoms with Crippen molar-refractivity contribution in [3.8, 4) is 5.75 Å². The van der Waals surface area contributed by atoms with Crippen LogP contribution in [0.1, 0.15) is 36.0 Å². The molecule has 2 aromatic carbocycles. The lowest BCUT2D eigenvalue weighted by Gasteiger charge is -2.19. The average Bonchev–Trinajstić information content (AvgIpc) is 2.64. The van der Waals surface area contributed by atoms with Crippen molar-refractivity contribution < 1.29 is 9.53 Å². The highest BCUT2D eigenvalue weighted by atomic mass is 16.5. The molecule has 3 rings (SSSR count). The molecule has 1 N–H and O–H groups in total. The van der Waals surface area contributed by atoms with Crippen LogP contribution in [0.25, 0.3) is 0 Å². The molecular formula is C21H25NO2. The molecule has 0 saturated heterocycles. The zero-order valence-electron chi connectivity index (χ0n) is 14.1. The van der Waals surface area contributed by atoms with E-state index in [1.807, 2.05) is 24.3 Å². The standard InChI is InChI=1S/C21H25NO2/c23-21(14-13-17-7-2-1-3-8-17)22-15-16-24-20-12-6-10-18-9-4-5-11-19(18)20/h1-3,6-8,10,12H,4-5,9,11,13-16H2,(H,22,23). The van der Waals surface area contributed by atoms with Gasteiger partial charge in [-0.25, -0.2) is 0 Å². The van der Waals surface area contributed by atoms with Gasteiger partial charge < -0.3 is 10.1 Å². The molecule has 1 aliphatic carbocycles. The van der Waals surface area contributed by atoms with E-state index in [-0.39, 0.29) is 5.91 Å². The number of hydrogen-bond acceptors (Lipinski definition) is 2. The molecule has 0 atom stereocenters. The van der Waals surface area contributed by atoms with Gasteiger partial charge in [0.15, 0.2) is 0 Å². The maximum absolute atomic E-state index is 11.9. The minimum absolute atomic E-state index is 0.0811. The Hall–Kier alpha value is -2.29. The van der Waals surface area contributed by atoms with Gasteiger partial charge in [0.05, 0.1) is 6.54 Å². The molecule has 1 amide bonds. The Bertz CT molecular complexity index is 667. The highest BCUT2D eigenvalue weighted by molar-refractivity contribution is 5.76. The van der Waals surface area contributed by atoms with E-state index in [1.165, 1.54) is 29.5 Å². The summed E-state index contributed by atoms with van der Waals surface area (Å²) in [5.41, 5.74) is 3.98. The molecule has 1 aliphatic rings. The van der Waals surface area contributed by atoms with E-state index in [1.54, 1.807) is 0 Å². The van der Waals surface area contributed by atoms with E-state index in [2.05, 4.69) is 29.6 Å². The van der Waals surface area contributed by atoms with Crippen molar-refractivity contribution in [3.63, 3.8) is 0 Å². The number of amides is 1. The highest BCUT2D eigenvalue weighted by Crippen LogP contribution is 2.29. The number of hydrogen-bond donors (Lipinski definition) is 1. The molecule has 0 aliphatic heterocycles. The Kier molecular flexibility index (Phi) is 5.89. The van der Waals surface area contributed by atoms with Crippen LogP contribution < -0.4 is 10.1 Å². The van der Waals surface area contributed by atoms with Crippen molar-refractivity contribution >= 4 is 5.91 Å². The number of ether oxygens (including phenoxy) is 1.